The van der Waals surface area contributed by atoms with Crippen LogP contribution in [0.2, 0.25) is 0 Å². The van der Waals surface area contributed by atoms with Crippen molar-refractivity contribution in [1.82, 2.24) is 25.4 Å². The van der Waals surface area contributed by atoms with Crippen molar-refractivity contribution in [2.24, 2.45) is 0 Å². The number of nitrogens with zero attached hydrogens (tertiary/aromatic N) is 3. The number of H-pyrrole nitrogens is 2. The molecule has 3 heterocycles. The number of hydrogen-bond donors (Lipinski definition) is 2. The second-order valence-electron chi connectivity index (χ2n) is 3.01. The van der Waals surface area contributed by atoms with E-state index in [1.54, 1.807) is 18.6 Å². The predicted octanol–water partition coefficient (Wildman–Crippen LogP) is 1.35. The van der Waals surface area contributed by atoms with Gasteiger partial charge in [0.15, 0.2) is 0 Å². The molecule has 0 atom stereocenters. The maximum Gasteiger partial charge on any atom is 0.0839 e. The molecular formula is C9H7N5. The van der Waals surface area contributed by atoms with Gasteiger partial charge in [-0.2, -0.15) is 10.2 Å². The summed E-state index contributed by atoms with van der Waals surface area (Å²) in [4.78, 5) is 4.13. The first-order chi connectivity index (χ1) is 6.95. The van der Waals surface area contributed by atoms with Crippen LogP contribution < -0.4 is 0 Å². The van der Waals surface area contributed by atoms with Crippen LogP contribution in [0, 0.1) is 0 Å². The van der Waals surface area contributed by atoms with Crippen LogP contribution in [0.5, 0.6) is 0 Å². The third kappa shape index (κ3) is 0.922. The number of hydrogen-bond acceptors (Lipinski definition) is 3. The van der Waals surface area contributed by atoms with Gasteiger partial charge in [0, 0.05) is 28.9 Å². The lowest BCUT2D eigenvalue weighted by molar-refractivity contribution is 1.09. The summed E-state index contributed by atoms with van der Waals surface area (Å²) in [6.07, 6.45) is 8.96. The van der Waals surface area contributed by atoms with Crippen LogP contribution in [0.3, 0.4) is 0 Å². The first kappa shape index (κ1) is 7.25. The molecule has 5 nitrogen and oxygen atoms in total. The Bertz CT molecular complexity index is 551. The Balaban J connectivity index is 2.36. The number of fused-ring (bicyclic) bond motifs is 1. The molecule has 3 aromatic heterocycles. The Kier molecular flexibility index (Phi) is 1.38. The van der Waals surface area contributed by atoms with E-state index in [-0.39, 0.29) is 0 Å². The van der Waals surface area contributed by atoms with Crippen LogP contribution in [0.1, 0.15) is 0 Å². The lowest BCUT2D eigenvalue weighted by atomic mass is 10.1. The van der Waals surface area contributed by atoms with E-state index < -0.39 is 0 Å². The van der Waals surface area contributed by atoms with Gasteiger partial charge in [-0.1, -0.05) is 0 Å². The minimum absolute atomic E-state index is 0.934. The average Bonchev–Trinajstić information content (AvgIpc) is 2.88. The molecule has 0 aliphatic carbocycles. The van der Waals surface area contributed by atoms with E-state index in [0.29, 0.717) is 0 Å². The van der Waals surface area contributed by atoms with Crippen molar-refractivity contribution in [3.63, 3.8) is 0 Å². The van der Waals surface area contributed by atoms with E-state index in [9.17, 15) is 0 Å². The van der Waals surface area contributed by atoms with Crippen molar-refractivity contribution < 1.29 is 0 Å². The summed E-state index contributed by atoms with van der Waals surface area (Å²) in [6, 6.07) is 0. The van der Waals surface area contributed by atoms with Crippen LogP contribution in [-0.2, 0) is 0 Å². The summed E-state index contributed by atoms with van der Waals surface area (Å²) in [5.74, 6) is 0. The Morgan fingerprint density at radius 2 is 2.00 bits per heavy atom. The summed E-state index contributed by atoms with van der Waals surface area (Å²) in [5.41, 5.74) is 2.98. The Labute approximate surface area is 79.2 Å². The van der Waals surface area contributed by atoms with Crippen molar-refractivity contribution in [1.29, 1.82) is 0 Å². The first-order valence-electron chi connectivity index (χ1n) is 4.21. The molecule has 5 heteroatoms. The Morgan fingerprint density at radius 3 is 2.86 bits per heavy atom. The standard InChI is InChI=1S/C9H7N5/c1-6(2-12-11-1)7-3-10-5-9-8(7)4-13-14-9/h1-5H,(H,11,12)(H,13,14). The minimum atomic E-state index is 0.934. The molecule has 0 radical (unpaired) electrons. The quantitative estimate of drug-likeness (QED) is 0.601. The highest BCUT2D eigenvalue weighted by Gasteiger charge is 2.05. The van der Waals surface area contributed by atoms with E-state index in [0.717, 1.165) is 22.0 Å². The summed E-state index contributed by atoms with van der Waals surface area (Å²) in [7, 11) is 0. The van der Waals surface area contributed by atoms with Gasteiger partial charge in [0.2, 0.25) is 0 Å². The molecule has 0 saturated heterocycles. The largest absolute Gasteiger partial charge is 0.285 e. The zero-order valence-corrected chi connectivity index (χ0v) is 7.23. The van der Waals surface area contributed by atoms with Gasteiger partial charge in [-0.3, -0.25) is 15.2 Å². The number of rotatable bonds is 1. The van der Waals surface area contributed by atoms with Crippen molar-refractivity contribution in [2.45, 2.75) is 0 Å². The van der Waals surface area contributed by atoms with Crippen molar-refractivity contribution >= 4 is 10.9 Å². The summed E-state index contributed by atoms with van der Waals surface area (Å²) >= 11 is 0. The molecule has 14 heavy (non-hydrogen) atoms. The molecule has 2 N–H and O–H groups in total. The summed E-state index contributed by atoms with van der Waals surface area (Å²) in [5, 5.41) is 14.6. The zero-order chi connectivity index (χ0) is 9.38. The van der Waals surface area contributed by atoms with Crippen molar-refractivity contribution in [3.8, 4) is 11.1 Å². The van der Waals surface area contributed by atoms with Crippen molar-refractivity contribution in [2.75, 3.05) is 0 Å². The van der Waals surface area contributed by atoms with Gasteiger partial charge in [0.05, 0.1) is 24.1 Å². The van der Waals surface area contributed by atoms with E-state index >= 15 is 0 Å². The Hall–Kier alpha value is -2.17. The molecule has 0 bridgehead atoms. The molecule has 0 fully saturated rings. The molecule has 0 aromatic carbocycles. The molecule has 0 aliphatic rings. The highest BCUT2D eigenvalue weighted by Crippen LogP contribution is 2.24. The molecule has 3 rings (SSSR count). The summed E-state index contributed by atoms with van der Waals surface area (Å²) in [6.45, 7) is 0. The maximum atomic E-state index is 4.13. The molecular weight excluding hydrogens is 178 g/mol. The lowest BCUT2D eigenvalue weighted by Gasteiger charge is -1.96. The summed E-state index contributed by atoms with van der Waals surface area (Å²) < 4.78 is 0. The minimum Gasteiger partial charge on any atom is -0.285 e. The van der Waals surface area contributed by atoms with Crippen LogP contribution in [0.4, 0.5) is 0 Å². The Morgan fingerprint density at radius 1 is 1.00 bits per heavy atom. The van der Waals surface area contributed by atoms with Gasteiger partial charge in [-0.15, -0.1) is 0 Å². The van der Waals surface area contributed by atoms with Gasteiger partial charge in [-0.05, 0) is 0 Å². The number of aromatic amines is 2. The second-order valence-corrected chi connectivity index (χ2v) is 3.01. The SMILES string of the molecule is c1n[nH]cc1-c1cncc2[nH]ncc12. The molecule has 3 aromatic rings. The van der Waals surface area contributed by atoms with E-state index in [1.807, 2.05) is 12.4 Å². The molecule has 0 unspecified atom stereocenters. The second kappa shape index (κ2) is 2.66. The number of nitrogens with one attached hydrogen (secondary N) is 2. The van der Waals surface area contributed by atoms with Crippen LogP contribution in [0.15, 0.2) is 31.0 Å². The van der Waals surface area contributed by atoms with E-state index in [2.05, 4.69) is 25.4 Å². The predicted molar refractivity (Wildman–Crippen MR) is 51.5 cm³/mol. The fourth-order valence-corrected chi connectivity index (χ4v) is 1.49. The van der Waals surface area contributed by atoms with Gasteiger partial charge >= 0.3 is 0 Å². The van der Waals surface area contributed by atoms with Gasteiger partial charge in [0.25, 0.3) is 0 Å². The van der Waals surface area contributed by atoms with Crippen LogP contribution in [0.25, 0.3) is 22.0 Å². The van der Waals surface area contributed by atoms with Crippen molar-refractivity contribution in [3.05, 3.63) is 31.0 Å². The third-order valence-electron chi connectivity index (χ3n) is 2.18. The first-order valence-corrected chi connectivity index (χ1v) is 4.21. The molecule has 0 aliphatic heterocycles. The fraction of sp³-hybridized carbons (Fsp3) is 0. The highest BCUT2D eigenvalue weighted by molar-refractivity contribution is 5.92. The average molecular weight is 185 g/mol. The van der Waals surface area contributed by atoms with Crippen LogP contribution >= 0.6 is 0 Å². The highest BCUT2D eigenvalue weighted by atomic mass is 15.1. The van der Waals surface area contributed by atoms with Gasteiger partial charge in [-0.25, -0.2) is 0 Å². The van der Waals surface area contributed by atoms with Gasteiger partial charge in [0.1, 0.15) is 0 Å². The molecule has 0 amide bonds. The third-order valence-corrected chi connectivity index (χ3v) is 2.18. The van der Waals surface area contributed by atoms with E-state index in [1.165, 1.54) is 0 Å². The smallest absolute Gasteiger partial charge is 0.0839 e. The number of pyridine rings is 1. The molecule has 0 saturated carbocycles. The number of aromatic nitrogens is 5. The molecule has 68 valence electrons. The topological polar surface area (TPSA) is 70.2 Å². The normalized spacial score (nSPS) is 10.9. The maximum absolute atomic E-state index is 4.13. The molecule has 0 spiro atoms. The van der Waals surface area contributed by atoms with Gasteiger partial charge < -0.3 is 0 Å². The van der Waals surface area contributed by atoms with E-state index in [4.69, 9.17) is 0 Å². The fourth-order valence-electron chi connectivity index (χ4n) is 1.49. The monoisotopic (exact) mass is 185 g/mol. The lowest BCUT2D eigenvalue weighted by Crippen LogP contribution is -1.79. The van der Waals surface area contributed by atoms with Crippen LogP contribution in [-0.4, -0.2) is 25.4 Å². The zero-order valence-electron chi connectivity index (χ0n) is 7.23.